The summed E-state index contributed by atoms with van der Waals surface area (Å²) in [6, 6.07) is -0.108. The molecule has 0 unspecified atom stereocenters. The number of carbonyl (C=O) groups is 2. The van der Waals surface area contributed by atoms with Gasteiger partial charge in [-0.2, -0.15) is 0 Å². The molecule has 0 aromatic rings. The molecule has 1 fully saturated rings. The van der Waals surface area contributed by atoms with Crippen molar-refractivity contribution in [2.24, 2.45) is 11.8 Å². The first-order valence-corrected chi connectivity index (χ1v) is 6.88. The highest BCUT2D eigenvalue weighted by molar-refractivity contribution is 5.73. The number of carbonyl (C=O) groups excluding carboxylic acids is 1. The van der Waals surface area contributed by atoms with Crippen LogP contribution in [0, 0.1) is 11.8 Å². The molecule has 104 valence electrons. The lowest BCUT2D eigenvalue weighted by Gasteiger charge is -2.26. The molecule has 0 radical (unpaired) electrons. The second-order valence-electron chi connectivity index (χ2n) is 5.05. The Hall–Kier alpha value is -1.26. The highest BCUT2D eigenvalue weighted by atomic mass is 16.4. The molecule has 1 rings (SSSR count). The number of amides is 2. The highest BCUT2D eigenvalue weighted by Gasteiger charge is 2.25. The third-order valence-electron chi connectivity index (χ3n) is 3.56. The van der Waals surface area contributed by atoms with Crippen LogP contribution in [0.25, 0.3) is 0 Å². The number of hydrogen-bond acceptors (Lipinski definition) is 2. The maximum Gasteiger partial charge on any atom is 0.314 e. The monoisotopic (exact) mass is 256 g/mol. The van der Waals surface area contributed by atoms with E-state index in [1.54, 1.807) is 0 Å². The number of rotatable bonds is 6. The Morgan fingerprint density at radius 1 is 1.17 bits per heavy atom. The maximum absolute atomic E-state index is 11.4. The fraction of sp³-hybridized carbons (Fsp3) is 0.846. The molecule has 0 aliphatic heterocycles. The molecule has 0 saturated heterocycles. The molecule has 0 heterocycles. The first-order chi connectivity index (χ1) is 8.63. The van der Waals surface area contributed by atoms with Gasteiger partial charge in [-0.3, -0.25) is 4.79 Å². The molecule has 1 saturated carbocycles. The van der Waals surface area contributed by atoms with Gasteiger partial charge < -0.3 is 15.7 Å². The Labute approximate surface area is 108 Å². The summed E-state index contributed by atoms with van der Waals surface area (Å²) in [4.78, 5) is 22.2. The van der Waals surface area contributed by atoms with Crippen molar-refractivity contribution in [2.75, 3.05) is 13.1 Å². The smallest absolute Gasteiger partial charge is 0.314 e. The fourth-order valence-corrected chi connectivity index (χ4v) is 2.29. The van der Waals surface area contributed by atoms with Crippen LogP contribution in [0.5, 0.6) is 0 Å². The molecular weight excluding hydrogens is 232 g/mol. The van der Waals surface area contributed by atoms with E-state index in [1.165, 1.54) is 0 Å². The van der Waals surface area contributed by atoms with Crippen LogP contribution in [0.4, 0.5) is 4.79 Å². The standard InChI is InChI=1S/C13H24N2O3/c1-2-3-8-14-13(18)15-9-10-4-6-11(7-5-10)12(16)17/h10-11H,2-9H2,1H3,(H,16,17)(H2,14,15,18). The van der Waals surface area contributed by atoms with Gasteiger partial charge in [0, 0.05) is 13.1 Å². The Morgan fingerprint density at radius 3 is 2.39 bits per heavy atom. The Balaban J connectivity index is 2.10. The molecule has 18 heavy (non-hydrogen) atoms. The zero-order chi connectivity index (χ0) is 13.4. The quantitative estimate of drug-likeness (QED) is 0.636. The van der Waals surface area contributed by atoms with Gasteiger partial charge in [0.25, 0.3) is 0 Å². The van der Waals surface area contributed by atoms with E-state index in [0.717, 1.165) is 38.5 Å². The van der Waals surface area contributed by atoms with Crippen molar-refractivity contribution in [3.8, 4) is 0 Å². The van der Waals surface area contributed by atoms with Crippen molar-refractivity contribution in [1.82, 2.24) is 10.6 Å². The molecule has 0 aromatic heterocycles. The summed E-state index contributed by atoms with van der Waals surface area (Å²) >= 11 is 0. The zero-order valence-corrected chi connectivity index (χ0v) is 11.1. The minimum Gasteiger partial charge on any atom is -0.481 e. The third-order valence-corrected chi connectivity index (χ3v) is 3.56. The summed E-state index contributed by atoms with van der Waals surface area (Å²) < 4.78 is 0. The number of carboxylic acids is 1. The van der Waals surface area contributed by atoms with Crippen molar-refractivity contribution < 1.29 is 14.7 Å². The summed E-state index contributed by atoms with van der Waals surface area (Å²) in [5.74, 6) is -0.434. The van der Waals surface area contributed by atoms with Gasteiger partial charge in [-0.25, -0.2) is 4.79 Å². The van der Waals surface area contributed by atoms with E-state index in [2.05, 4.69) is 17.6 Å². The van der Waals surface area contributed by atoms with Crippen molar-refractivity contribution in [3.63, 3.8) is 0 Å². The number of urea groups is 1. The predicted octanol–water partition coefficient (Wildman–Crippen LogP) is 1.98. The van der Waals surface area contributed by atoms with E-state index in [4.69, 9.17) is 5.11 Å². The number of aliphatic carboxylic acids is 1. The molecule has 0 bridgehead atoms. The molecular formula is C13H24N2O3. The summed E-state index contributed by atoms with van der Waals surface area (Å²) in [7, 11) is 0. The minimum absolute atomic E-state index is 0.108. The summed E-state index contributed by atoms with van der Waals surface area (Å²) in [6.45, 7) is 3.46. The average Bonchev–Trinajstić information content (AvgIpc) is 2.37. The Kier molecular flexibility index (Phi) is 6.54. The molecule has 1 aliphatic carbocycles. The van der Waals surface area contributed by atoms with Gasteiger partial charge in [-0.1, -0.05) is 13.3 Å². The molecule has 3 N–H and O–H groups in total. The van der Waals surface area contributed by atoms with Gasteiger partial charge in [0.05, 0.1) is 5.92 Å². The van der Waals surface area contributed by atoms with Crippen LogP contribution in [-0.4, -0.2) is 30.2 Å². The zero-order valence-electron chi connectivity index (χ0n) is 11.1. The molecule has 1 aliphatic rings. The lowest BCUT2D eigenvalue weighted by molar-refractivity contribution is -0.143. The van der Waals surface area contributed by atoms with Crippen molar-refractivity contribution in [3.05, 3.63) is 0 Å². The van der Waals surface area contributed by atoms with Crippen LogP contribution in [-0.2, 0) is 4.79 Å². The second kappa shape index (κ2) is 7.95. The number of nitrogens with one attached hydrogen (secondary N) is 2. The lowest BCUT2D eigenvalue weighted by Crippen LogP contribution is -2.39. The van der Waals surface area contributed by atoms with E-state index < -0.39 is 5.97 Å². The average molecular weight is 256 g/mol. The van der Waals surface area contributed by atoms with Crippen LogP contribution >= 0.6 is 0 Å². The maximum atomic E-state index is 11.4. The highest BCUT2D eigenvalue weighted by Crippen LogP contribution is 2.28. The number of carboxylic acid groups (broad SMARTS) is 1. The van der Waals surface area contributed by atoms with Gasteiger partial charge in [0.15, 0.2) is 0 Å². The van der Waals surface area contributed by atoms with Crippen LogP contribution in [0.15, 0.2) is 0 Å². The van der Waals surface area contributed by atoms with E-state index in [0.29, 0.717) is 19.0 Å². The van der Waals surface area contributed by atoms with Gasteiger partial charge >= 0.3 is 12.0 Å². The summed E-state index contributed by atoms with van der Waals surface area (Å²) in [5, 5.41) is 14.5. The SMILES string of the molecule is CCCCNC(=O)NCC1CCC(C(=O)O)CC1. The summed E-state index contributed by atoms with van der Waals surface area (Å²) in [6.07, 6.45) is 5.33. The Morgan fingerprint density at radius 2 is 1.83 bits per heavy atom. The molecule has 5 heteroatoms. The minimum atomic E-state index is -0.682. The summed E-state index contributed by atoms with van der Waals surface area (Å²) in [5.41, 5.74) is 0. The van der Waals surface area contributed by atoms with E-state index in [1.807, 2.05) is 0 Å². The van der Waals surface area contributed by atoms with Crippen LogP contribution < -0.4 is 10.6 Å². The lowest BCUT2D eigenvalue weighted by atomic mass is 9.82. The largest absolute Gasteiger partial charge is 0.481 e. The fourth-order valence-electron chi connectivity index (χ4n) is 2.29. The van der Waals surface area contributed by atoms with E-state index >= 15 is 0 Å². The first kappa shape index (κ1) is 14.8. The predicted molar refractivity (Wildman–Crippen MR) is 69.4 cm³/mol. The first-order valence-electron chi connectivity index (χ1n) is 6.88. The number of hydrogen-bond donors (Lipinski definition) is 3. The van der Waals surface area contributed by atoms with Crippen molar-refractivity contribution >= 4 is 12.0 Å². The molecule has 5 nitrogen and oxygen atoms in total. The van der Waals surface area contributed by atoms with Crippen LogP contribution in [0.1, 0.15) is 45.4 Å². The third kappa shape index (κ3) is 5.38. The van der Waals surface area contributed by atoms with Gasteiger partial charge in [0.2, 0.25) is 0 Å². The second-order valence-corrected chi connectivity index (χ2v) is 5.05. The van der Waals surface area contributed by atoms with Crippen molar-refractivity contribution in [2.45, 2.75) is 45.4 Å². The molecule has 0 aromatic carbocycles. The van der Waals surface area contributed by atoms with E-state index in [9.17, 15) is 9.59 Å². The van der Waals surface area contributed by atoms with Gasteiger partial charge in [-0.05, 0) is 38.0 Å². The molecule has 0 spiro atoms. The van der Waals surface area contributed by atoms with Gasteiger partial charge in [-0.15, -0.1) is 0 Å². The topological polar surface area (TPSA) is 78.4 Å². The van der Waals surface area contributed by atoms with E-state index in [-0.39, 0.29) is 11.9 Å². The molecule has 0 atom stereocenters. The Bertz CT molecular complexity index is 273. The normalized spacial score (nSPS) is 23.4. The van der Waals surface area contributed by atoms with Gasteiger partial charge in [0.1, 0.15) is 0 Å². The van der Waals surface area contributed by atoms with Crippen molar-refractivity contribution in [1.29, 1.82) is 0 Å². The molecule has 2 amide bonds. The number of unbranched alkanes of at least 4 members (excludes halogenated alkanes) is 1. The van der Waals surface area contributed by atoms with Crippen LogP contribution in [0.3, 0.4) is 0 Å². The van der Waals surface area contributed by atoms with Crippen LogP contribution in [0.2, 0.25) is 0 Å².